The van der Waals surface area contributed by atoms with Crippen LogP contribution in [-0.4, -0.2) is 22.3 Å². The SMILES string of the molecule is CC(Oc1cccc(Cl)c1)C(O)Cc1nccs1. The number of aliphatic hydroxyl groups excluding tert-OH is 1. The van der Waals surface area contributed by atoms with E-state index < -0.39 is 6.10 Å². The standard InChI is InChI=1S/C13H14ClNO2S/c1-9(12(16)8-13-15-5-6-18-13)17-11-4-2-3-10(14)7-11/h2-7,9,12,16H,8H2,1H3. The maximum Gasteiger partial charge on any atom is 0.122 e. The van der Waals surface area contributed by atoms with Gasteiger partial charge in [0.2, 0.25) is 0 Å². The van der Waals surface area contributed by atoms with Gasteiger partial charge in [-0.2, -0.15) is 0 Å². The molecule has 0 radical (unpaired) electrons. The largest absolute Gasteiger partial charge is 0.488 e. The normalized spacial score (nSPS) is 14.2. The molecule has 2 aromatic rings. The molecule has 0 saturated heterocycles. The van der Waals surface area contributed by atoms with Crippen molar-refractivity contribution in [1.82, 2.24) is 4.98 Å². The zero-order valence-corrected chi connectivity index (χ0v) is 11.5. The summed E-state index contributed by atoms with van der Waals surface area (Å²) < 4.78 is 5.65. The number of benzene rings is 1. The van der Waals surface area contributed by atoms with Gasteiger partial charge in [0.1, 0.15) is 11.9 Å². The average molecular weight is 284 g/mol. The van der Waals surface area contributed by atoms with Crippen LogP contribution in [0, 0.1) is 0 Å². The summed E-state index contributed by atoms with van der Waals surface area (Å²) in [5.41, 5.74) is 0. The number of aliphatic hydroxyl groups is 1. The Balaban J connectivity index is 1.93. The minimum absolute atomic E-state index is 0.313. The van der Waals surface area contributed by atoms with Gasteiger partial charge in [0, 0.05) is 23.0 Å². The molecule has 2 rings (SSSR count). The molecule has 0 amide bonds. The second-order valence-corrected chi connectivity index (χ2v) is 5.39. The van der Waals surface area contributed by atoms with Gasteiger partial charge in [-0.3, -0.25) is 0 Å². The van der Waals surface area contributed by atoms with Crippen molar-refractivity contribution in [3.63, 3.8) is 0 Å². The fourth-order valence-corrected chi connectivity index (χ4v) is 2.38. The van der Waals surface area contributed by atoms with E-state index in [0.717, 1.165) is 5.01 Å². The highest BCUT2D eigenvalue weighted by Crippen LogP contribution is 2.20. The van der Waals surface area contributed by atoms with Gasteiger partial charge in [-0.05, 0) is 25.1 Å². The number of hydrogen-bond donors (Lipinski definition) is 1. The van der Waals surface area contributed by atoms with Gasteiger partial charge in [0.15, 0.2) is 0 Å². The Labute approximate surface area is 115 Å². The van der Waals surface area contributed by atoms with Gasteiger partial charge in [0.25, 0.3) is 0 Å². The summed E-state index contributed by atoms with van der Waals surface area (Å²) in [6, 6.07) is 7.15. The summed E-state index contributed by atoms with van der Waals surface area (Å²) in [4.78, 5) is 4.14. The molecule has 5 heteroatoms. The van der Waals surface area contributed by atoms with Crippen molar-refractivity contribution in [2.24, 2.45) is 0 Å². The topological polar surface area (TPSA) is 42.4 Å². The molecule has 1 heterocycles. The summed E-state index contributed by atoms with van der Waals surface area (Å²) >= 11 is 7.40. The maximum absolute atomic E-state index is 10.0. The summed E-state index contributed by atoms with van der Waals surface area (Å²) in [5, 5.41) is 13.4. The molecule has 0 fully saturated rings. The van der Waals surface area contributed by atoms with E-state index in [9.17, 15) is 5.11 Å². The molecule has 18 heavy (non-hydrogen) atoms. The van der Waals surface area contributed by atoms with E-state index in [1.165, 1.54) is 11.3 Å². The minimum atomic E-state index is -0.588. The fourth-order valence-electron chi connectivity index (χ4n) is 1.53. The minimum Gasteiger partial charge on any atom is -0.488 e. The molecular formula is C13H14ClNO2S. The third-order valence-electron chi connectivity index (χ3n) is 2.53. The third-order valence-corrected chi connectivity index (χ3v) is 3.56. The molecule has 0 spiro atoms. The van der Waals surface area contributed by atoms with E-state index in [1.54, 1.807) is 18.3 Å². The van der Waals surface area contributed by atoms with Crippen LogP contribution in [-0.2, 0) is 6.42 Å². The molecule has 96 valence electrons. The Morgan fingerprint density at radius 3 is 3.00 bits per heavy atom. The lowest BCUT2D eigenvalue weighted by molar-refractivity contribution is 0.0478. The van der Waals surface area contributed by atoms with Crippen LogP contribution < -0.4 is 4.74 Å². The van der Waals surface area contributed by atoms with Gasteiger partial charge >= 0.3 is 0 Å². The van der Waals surface area contributed by atoms with Crippen molar-refractivity contribution in [2.45, 2.75) is 25.6 Å². The molecule has 0 bridgehead atoms. The average Bonchev–Trinajstić information content (AvgIpc) is 2.81. The molecule has 1 N–H and O–H groups in total. The van der Waals surface area contributed by atoms with Crippen molar-refractivity contribution in [3.05, 3.63) is 45.9 Å². The Hall–Kier alpha value is -1.10. The lowest BCUT2D eigenvalue weighted by atomic mass is 10.1. The van der Waals surface area contributed by atoms with Crippen molar-refractivity contribution in [3.8, 4) is 5.75 Å². The first-order chi connectivity index (χ1) is 8.65. The zero-order chi connectivity index (χ0) is 13.0. The van der Waals surface area contributed by atoms with Gasteiger partial charge in [-0.15, -0.1) is 11.3 Å². The van der Waals surface area contributed by atoms with Crippen molar-refractivity contribution in [1.29, 1.82) is 0 Å². The summed E-state index contributed by atoms with van der Waals surface area (Å²) in [7, 11) is 0. The van der Waals surface area contributed by atoms with Crippen LogP contribution in [0.4, 0.5) is 0 Å². The predicted molar refractivity (Wildman–Crippen MR) is 73.4 cm³/mol. The highest BCUT2D eigenvalue weighted by molar-refractivity contribution is 7.09. The van der Waals surface area contributed by atoms with Gasteiger partial charge < -0.3 is 9.84 Å². The quantitative estimate of drug-likeness (QED) is 0.916. The molecule has 3 nitrogen and oxygen atoms in total. The van der Waals surface area contributed by atoms with Crippen LogP contribution in [0.25, 0.3) is 0 Å². The number of halogens is 1. The highest BCUT2D eigenvalue weighted by atomic mass is 35.5. The number of aromatic nitrogens is 1. The lowest BCUT2D eigenvalue weighted by Crippen LogP contribution is -2.30. The van der Waals surface area contributed by atoms with E-state index in [0.29, 0.717) is 17.2 Å². The van der Waals surface area contributed by atoms with Crippen molar-refractivity contribution >= 4 is 22.9 Å². The molecular weight excluding hydrogens is 270 g/mol. The van der Waals surface area contributed by atoms with Crippen LogP contribution in [0.2, 0.25) is 5.02 Å². The first-order valence-electron chi connectivity index (χ1n) is 5.64. The summed E-state index contributed by atoms with van der Waals surface area (Å²) in [5.74, 6) is 0.660. The van der Waals surface area contributed by atoms with E-state index in [-0.39, 0.29) is 6.10 Å². The number of rotatable bonds is 5. The molecule has 2 unspecified atom stereocenters. The summed E-state index contributed by atoms with van der Waals surface area (Å²) in [6.45, 7) is 1.83. The molecule has 2 atom stereocenters. The van der Waals surface area contributed by atoms with Crippen LogP contribution in [0.15, 0.2) is 35.8 Å². The van der Waals surface area contributed by atoms with Crippen LogP contribution in [0.3, 0.4) is 0 Å². The molecule has 1 aromatic carbocycles. The molecule has 0 aliphatic carbocycles. The van der Waals surface area contributed by atoms with Crippen LogP contribution in [0.5, 0.6) is 5.75 Å². The van der Waals surface area contributed by atoms with Crippen molar-refractivity contribution in [2.75, 3.05) is 0 Å². The van der Waals surface area contributed by atoms with E-state index in [4.69, 9.17) is 16.3 Å². The number of thiazole rings is 1. The molecule has 0 aliphatic rings. The first-order valence-corrected chi connectivity index (χ1v) is 6.89. The maximum atomic E-state index is 10.0. The number of ether oxygens (including phenoxy) is 1. The zero-order valence-electron chi connectivity index (χ0n) is 9.91. The van der Waals surface area contributed by atoms with Crippen LogP contribution >= 0.6 is 22.9 Å². The summed E-state index contributed by atoms with van der Waals surface area (Å²) in [6.07, 6.45) is 1.33. The second-order valence-electron chi connectivity index (χ2n) is 3.98. The Morgan fingerprint density at radius 1 is 1.50 bits per heavy atom. The molecule has 1 aromatic heterocycles. The van der Waals surface area contributed by atoms with Gasteiger partial charge in [-0.25, -0.2) is 4.98 Å². The van der Waals surface area contributed by atoms with E-state index in [2.05, 4.69) is 4.98 Å². The third kappa shape index (κ3) is 3.70. The Kier molecular flexibility index (Phi) is 4.58. The van der Waals surface area contributed by atoms with Gasteiger partial charge in [-0.1, -0.05) is 17.7 Å². The van der Waals surface area contributed by atoms with E-state index >= 15 is 0 Å². The molecule has 0 aliphatic heterocycles. The lowest BCUT2D eigenvalue weighted by Gasteiger charge is -2.19. The number of hydrogen-bond acceptors (Lipinski definition) is 4. The van der Waals surface area contributed by atoms with Gasteiger partial charge in [0.05, 0.1) is 11.1 Å². The van der Waals surface area contributed by atoms with Crippen molar-refractivity contribution < 1.29 is 9.84 Å². The predicted octanol–water partition coefficient (Wildman–Crippen LogP) is 3.17. The Morgan fingerprint density at radius 2 is 2.33 bits per heavy atom. The second kappa shape index (κ2) is 6.18. The van der Waals surface area contributed by atoms with E-state index in [1.807, 2.05) is 24.4 Å². The van der Waals surface area contributed by atoms with Crippen LogP contribution in [0.1, 0.15) is 11.9 Å². The highest BCUT2D eigenvalue weighted by Gasteiger charge is 2.17. The smallest absolute Gasteiger partial charge is 0.122 e. The number of nitrogens with zero attached hydrogens (tertiary/aromatic N) is 1. The molecule has 0 saturated carbocycles. The Bertz CT molecular complexity index is 489. The fraction of sp³-hybridized carbons (Fsp3) is 0.308. The first kappa shape index (κ1) is 13.3. The monoisotopic (exact) mass is 283 g/mol.